The van der Waals surface area contributed by atoms with Gasteiger partial charge in [0, 0.05) is 31.2 Å². The van der Waals surface area contributed by atoms with Gasteiger partial charge in [-0.2, -0.15) is 0 Å². The average Bonchev–Trinajstić information content (AvgIpc) is 2.72. The zero-order chi connectivity index (χ0) is 14.5. The highest BCUT2D eigenvalue weighted by molar-refractivity contribution is 5.25. The molecule has 0 saturated carbocycles. The number of nitrogens with one attached hydrogen (secondary N) is 1. The topological polar surface area (TPSA) is 15.3 Å². The van der Waals surface area contributed by atoms with Crippen LogP contribution in [0, 0.1) is 11.7 Å². The third-order valence-electron chi connectivity index (χ3n) is 4.15. The highest BCUT2D eigenvalue weighted by Crippen LogP contribution is 2.25. The zero-order valence-electron chi connectivity index (χ0n) is 13.0. The Balaban J connectivity index is 2.01. The molecule has 1 aliphatic heterocycles. The Morgan fingerprint density at radius 1 is 1.35 bits per heavy atom. The maximum Gasteiger partial charge on any atom is 0.127 e. The summed E-state index contributed by atoms with van der Waals surface area (Å²) in [6.07, 6.45) is 2.34. The summed E-state index contributed by atoms with van der Waals surface area (Å²) in [6, 6.07) is 6.08. The van der Waals surface area contributed by atoms with E-state index in [2.05, 4.69) is 31.0 Å². The zero-order valence-corrected chi connectivity index (χ0v) is 13.0. The molecule has 112 valence electrons. The standard InChI is InChI=1S/C17H27FN2/c1-4-7-19-10-15-5-6-17(18)16(9-15)12-20-11-13(2)8-14(20)3/h5-6,9,13-14,19H,4,7-8,10-12H2,1-3H3. The van der Waals surface area contributed by atoms with Gasteiger partial charge in [0.25, 0.3) is 0 Å². The van der Waals surface area contributed by atoms with E-state index in [4.69, 9.17) is 0 Å². The lowest BCUT2D eigenvalue weighted by Crippen LogP contribution is -2.27. The van der Waals surface area contributed by atoms with Crippen LogP contribution >= 0.6 is 0 Å². The quantitative estimate of drug-likeness (QED) is 0.801. The molecule has 0 amide bonds. The van der Waals surface area contributed by atoms with E-state index in [9.17, 15) is 4.39 Å². The number of hydrogen-bond donors (Lipinski definition) is 1. The number of benzene rings is 1. The maximum atomic E-state index is 14.0. The average molecular weight is 278 g/mol. The molecule has 1 saturated heterocycles. The van der Waals surface area contributed by atoms with Gasteiger partial charge in [0.1, 0.15) is 5.82 Å². The van der Waals surface area contributed by atoms with Crippen molar-refractivity contribution in [1.29, 1.82) is 0 Å². The minimum Gasteiger partial charge on any atom is -0.313 e. The second-order valence-electron chi connectivity index (χ2n) is 6.22. The van der Waals surface area contributed by atoms with E-state index < -0.39 is 0 Å². The molecule has 20 heavy (non-hydrogen) atoms. The van der Waals surface area contributed by atoms with E-state index in [0.29, 0.717) is 6.04 Å². The lowest BCUT2D eigenvalue weighted by atomic mass is 10.1. The van der Waals surface area contributed by atoms with Crippen molar-refractivity contribution in [2.24, 2.45) is 5.92 Å². The van der Waals surface area contributed by atoms with Crippen LogP contribution < -0.4 is 5.32 Å². The summed E-state index contributed by atoms with van der Waals surface area (Å²) in [5, 5.41) is 3.37. The molecule has 0 aliphatic carbocycles. The van der Waals surface area contributed by atoms with Crippen LogP contribution in [0.15, 0.2) is 18.2 Å². The Bertz CT molecular complexity index is 433. The summed E-state index contributed by atoms with van der Waals surface area (Å²) in [5.74, 6) is 0.651. The number of likely N-dealkylation sites (tertiary alicyclic amines) is 1. The maximum absolute atomic E-state index is 14.0. The summed E-state index contributed by atoms with van der Waals surface area (Å²) in [7, 11) is 0. The van der Waals surface area contributed by atoms with Gasteiger partial charge in [0.05, 0.1) is 0 Å². The Kier molecular flexibility index (Phi) is 5.55. The predicted octanol–water partition coefficient (Wildman–Crippen LogP) is 3.56. The van der Waals surface area contributed by atoms with E-state index >= 15 is 0 Å². The molecule has 2 unspecified atom stereocenters. The SMILES string of the molecule is CCCNCc1ccc(F)c(CN2CC(C)CC2C)c1. The first-order chi connectivity index (χ1) is 9.60. The summed E-state index contributed by atoms with van der Waals surface area (Å²) < 4.78 is 14.0. The first-order valence-electron chi connectivity index (χ1n) is 7.82. The van der Waals surface area contributed by atoms with E-state index in [1.165, 1.54) is 12.0 Å². The van der Waals surface area contributed by atoms with Crippen molar-refractivity contribution in [2.45, 2.75) is 52.7 Å². The minimum absolute atomic E-state index is 0.0732. The summed E-state index contributed by atoms with van der Waals surface area (Å²) in [5.41, 5.74) is 2.01. The van der Waals surface area contributed by atoms with Crippen LogP contribution in [0.4, 0.5) is 4.39 Å². The Morgan fingerprint density at radius 3 is 2.80 bits per heavy atom. The van der Waals surface area contributed by atoms with E-state index in [0.717, 1.165) is 44.1 Å². The van der Waals surface area contributed by atoms with Gasteiger partial charge in [-0.15, -0.1) is 0 Å². The molecular formula is C17H27FN2. The van der Waals surface area contributed by atoms with Gasteiger partial charge in [-0.1, -0.05) is 26.0 Å². The van der Waals surface area contributed by atoms with Crippen LogP contribution in [0.1, 0.15) is 44.7 Å². The second kappa shape index (κ2) is 7.19. The Morgan fingerprint density at radius 2 is 2.15 bits per heavy atom. The fourth-order valence-electron chi connectivity index (χ4n) is 3.09. The smallest absolute Gasteiger partial charge is 0.127 e. The van der Waals surface area contributed by atoms with Crippen LogP contribution in [0.2, 0.25) is 0 Å². The van der Waals surface area contributed by atoms with E-state index in [1.807, 2.05) is 12.1 Å². The van der Waals surface area contributed by atoms with Gasteiger partial charge < -0.3 is 5.32 Å². The molecule has 0 spiro atoms. The molecule has 1 heterocycles. The van der Waals surface area contributed by atoms with Crippen LogP contribution in [-0.2, 0) is 13.1 Å². The van der Waals surface area contributed by atoms with Crippen LogP contribution in [-0.4, -0.2) is 24.0 Å². The molecule has 3 heteroatoms. The van der Waals surface area contributed by atoms with Crippen LogP contribution in [0.5, 0.6) is 0 Å². The summed E-state index contributed by atoms with van der Waals surface area (Å²) in [6.45, 7) is 10.3. The highest BCUT2D eigenvalue weighted by Gasteiger charge is 2.26. The van der Waals surface area contributed by atoms with Crippen molar-refractivity contribution < 1.29 is 4.39 Å². The number of hydrogen-bond acceptors (Lipinski definition) is 2. The molecule has 1 N–H and O–H groups in total. The molecule has 1 aromatic carbocycles. The molecule has 2 nitrogen and oxygen atoms in total. The van der Waals surface area contributed by atoms with Gasteiger partial charge in [-0.3, -0.25) is 4.90 Å². The molecule has 2 rings (SSSR count). The van der Waals surface area contributed by atoms with Crippen molar-refractivity contribution in [1.82, 2.24) is 10.2 Å². The fraction of sp³-hybridized carbons (Fsp3) is 0.647. The number of nitrogens with zero attached hydrogens (tertiary/aromatic N) is 1. The fourth-order valence-corrected chi connectivity index (χ4v) is 3.09. The van der Waals surface area contributed by atoms with Crippen molar-refractivity contribution in [3.8, 4) is 0 Å². The molecule has 0 aromatic heterocycles. The minimum atomic E-state index is -0.0732. The van der Waals surface area contributed by atoms with Gasteiger partial charge in [-0.25, -0.2) is 4.39 Å². The van der Waals surface area contributed by atoms with Crippen molar-refractivity contribution >= 4 is 0 Å². The molecule has 2 atom stereocenters. The molecular weight excluding hydrogens is 251 g/mol. The van der Waals surface area contributed by atoms with Gasteiger partial charge >= 0.3 is 0 Å². The third-order valence-corrected chi connectivity index (χ3v) is 4.15. The highest BCUT2D eigenvalue weighted by atomic mass is 19.1. The van der Waals surface area contributed by atoms with Crippen molar-refractivity contribution in [3.05, 3.63) is 35.1 Å². The van der Waals surface area contributed by atoms with Gasteiger partial charge in [0.2, 0.25) is 0 Å². The van der Waals surface area contributed by atoms with E-state index in [-0.39, 0.29) is 5.82 Å². The summed E-state index contributed by atoms with van der Waals surface area (Å²) in [4.78, 5) is 2.40. The van der Waals surface area contributed by atoms with Gasteiger partial charge in [-0.05, 0) is 43.9 Å². The van der Waals surface area contributed by atoms with Crippen molar-refractivity contribution in [2.75, 3.05) is 13.1 Å². The summed E-state index contributed by atoms with van der Waals surface area (Å²) >= 11 is 0. The van der Waals surface area contributed by atoms with Crippen molar-refractivity contribution in [3.63, 3.8) is 0 Å². The molecule has 1 aromatic rings. The first kappa shape index (κ1) is 15.5. The van der Waals surface area contributed by atoms with E-state index in [1.54, 1.807) is 6.07 Å². The predicted molar refractivity (Wildman–Crippen MR) is 82.1 cm³/mol. The van der Waals surface area contributed by atoms with Gasteiger partial charge in [0.15, 0.2) is 0 Å². The first-order valence-corrected chi connectivity index (χ1v) is 7.82. The third kappa shape index (κ3) is 4.03. The lowest BCUT2D eigenvalue weighted by molar-refractivity contribution is 0.253. The normalized spacial score (nSPS) is 23.4. The van der Waals surface area contributed by atoms with Crippen LogP contribution in [0.3, 0.4) is 0 Å². The monoisotopic (exact) mass is 278 g/mol. The van der Waals surface area contributed by atoms with Crippen LogP contribution in [0.25, 0.3) is 0 Å². The Labute approximate surface area is 122 Å². The molecule has 0 radical (unpaired) electrons. The number of halogens is 1. The number of rotatable bonds is 6. The molecule has 0 bridgehead atoms. The Hall–Kier alpha value is -0.930. The lowest BCUT2D eigenvalue weighted by Gasteiger charge is -2.21. The second-order valence-corrected chi connectivity index (χ2v) is 6.22. The largest absolute Gasteiger partial charge is 0.313 e. The molecule has 1 aliphatic rings. The molecule has 1 fully saturated rings.